The van der Waals surface area contributed by atoms with E-state index in [0.29, 0.717) is 19.6 Å². The van der Waals surface area contributed by atoms with Crippen molar-refractivity contribution in [3.63, 3.8) is 0 Å². The minimum Gasteiger partial charge on any atom is -0.461 e. The fourth-order valence-corrected chi connectivity index (χ4v) is 3.32. The first-order chi connectivity index (χ1) is 12.7. The largest absolute Gasteiger partial charge is 0.461 e. The highest BCUT2D eigenvalue weighted by atomic mass is 16.6. The van der Waals surface area contributed by atoms with Crippen LogP contribution < -0.4 is 0 Å². The van der Waals surface area contributed by atoms with Crippen molar-refractivity contribution in [2.45, 2.75) is 71.8 Å². The van der Waals surface area contributed by atoms with Gasteiger partial charge in [0.2, 0.25) is 0 Å². The summed E-state index contributed by atoms with van der Waals surface area (Å²) in [4.78, 5) is 26.1. The van der Waals surface area contributed by atoms with Crippen LogP contribution in [0.15, 0.2) is 6.20 Å². The molecule has 2 aliphatic rings. The summed E-state index contributed by atoms with van der Waals surface area (Å²) < 4.78 is 12.6. The minimum atomic E-state index is -0.550. The monoisotopic (exact) mass is 374 g/mol. The van der Waals surface area contributed by atoms with Gasteiger partial charge < -0.3 is 14.4 Å². The van der Waals surface area contributed by atoms with Gasteiger partial charge in [-0.25, -0.2) is 4.79 Å². The second-order valence-electron chi connectivity index (χ2n) is 8.32. The first-order valence-corrected chi connectivity index (χ1v) is 9.30. The molecular weight excluding hydrogens is 348 g/mol. The predicted octanol–water partition coefficient (Wildman–Crippen LogP) is 2.76. The van der Waals surface area contributed by atoms with Gasteiger partial charge in [0.1, 0.15) is 12.2 Å². The lowest BCUT2D eigenvalue weighted by Gasteiger charge is -2.34. The summed E-state index contributed by atoms with van der Waals surface area (Å²) in [5.74, 6) is -0.365. The Hall–Kier alpha value is -2.56. The number of esters is 1. The van der Waals surface area contributed by atoms with Crippen molar-refractivity contribution in [2.75, 3.05) is 6.54 Å². The van der Waals surface area contributed by atoms with Gasteiger partial charge in [-0.15, -0.1) is 0 Å². The maximum absolute atomic E-state index is 12.3. The van der Waals surface area contributed by atoms with Crippen LogP contribution in [0.5, 0.6) is 0 Å². The highest BCUT2D eigenvalue weighted by Gasteiger charge is 2.40. The number of amides is 1. The second-order valence-corrected chi connectivity index (χ2v) is 8.32. The zero-order chi connectivity index (χ0) is 19.7. The van der Waals surface area contributed by atoms with E-state index in [0.717, 1.165) is 30.5 Å². The van der Waals surface area contributed by atoms with Crippen LogP contribution in [0.4, 0.5) is 4.79 Å². The Morgan fingerprint density at radius 1 is 1.33 bits per heavy atom. The molecule has 8 heteroatoms. The van der Waals surface area contributed by atoms with Crippen molar-refractivity contribution >= 4 is 12.1 Å². The number of fused-ring (bicyclic) bond motifs is 1. The van der Waals surface area contributed by atoms with Gasteiger partial charge in [0.15, 0.2) is 0 Å². The maximum Gasteiger partial charge on any atom is 0.410 e. The number of hydrogen-bond acceptors (Lipinski definition) is 6. The fourth-order valence-electron chi connectivity index (χ4n) is 3.32. The van der Waals surface area contributed by atoms with Crippen molar-refractivity contribution in [1.29, 1.82) is 5.26 Å². The van der Waals surface area contributed by atoms with Crippen LogP contribution in [-0.2, 0) is 34.0 Å². The predicted molar refractivity (Wildman–Crippen MR) is 95.2 cm³/mol. The van der Waals surface area contributed by atoms with Gasteiger partial charge in [-0.05, 0) is 33.6 Å². The molecule has 0 aromatic carbocycles. The topological polar surface area (TPSA) is 97.4 Å². The van der Waals surface area contributed by atoms with Gasteiger partial charge in [-0.2, -0.15) is 10.4 Å². The number of nitriles is 1. The van der Waals surface area contributed by atoms with Crippen LogP contribution in [0.1, 0.15) is 57.7 Å². The molecule has 0 atom stereocenters. The number of nitrogens with zero attached hydrogens (tertiary/aromatic N) is 4. The molecule has 0 saturated heterocycles. The van der Waals surface area contributed by atoms with E-state index in [1.54, 1.807) is 11.1 Å². The summed E-state index contributed by atoms with van der Waals surface area (Å²) in [5, 5.41) is 13.6. The number of hydrogen-bond donors (Lipinski definition) is 0. The van der Waals surface area contributed by atoms with Crippen molar-refractivity contribution in [1.82, 2.24) is 14.7 Å². The van der Waals surface area contributed by atoms with E-state index in [9.17, 15) is 14.9 Å². The summed E-state index contributed by atoms with van der Waals surface area (Å²) in [5.41, 5.74) is 0.531. The lowest BCUT2D eigenvalue weighted by molar-refractivity contribution is -0.148. The Balaban J connectivity index is 1.58. The molecule has 146 valence electrons. The molecule has 27 heavy (non-hydrogen) atoms. The Bertz CT molecular complexity index is 768. The third-order valence-corrected chi connectivity index (χ3v) is 5.03. The molecule has 0 bridgehead atoms. The standard InChI is InChI=1S/C19H26N4O4/c1-18(2,3)27-17(25)22-7-8-23-15(11-22)14(10-21-23)12-26-16(24)9-19(13-20)5-4-6-19/h10H,4-9,11-12H2,1-3H3. The van der Waals surface area contributed by atoms with Crippen LogP contribution >= 0.6 is 0 Å². The quantitative estimate of drug-likeness (QED) is 0.752. The van der Waals surface area contributed by atoms with Crippen LogP contribution in [0, 0.1) is 16.7 Å². The van der Waals surface area contributed by atoms with Crippen LogP contribution in [0.2, 0.25) is 0 Å². The van der Waals surface area contributed by atoms with E-state index >= 15 is 0 Å². The Labute approximate surface area is 159 Å². The fraction of sp³-hybridized carbons (Fsp3) is 0.684. The number of carbonyl (C=O) groups excluding carboxylic acids is 2. The Morgan fingerprint density at radius 3 is 2.67 bits per heavy atom. The van der Waals surface area contributed by atoms with E-state index in [4.69, 9.17) is 9.47 Å². The molecule has 1 aliphatic carbocycles. The average molecular weight is 374 g/mol. The van der Waals surface area contributed by atoms with Crippen molar-refractivity contribution in [3.05, 3.63) is 17.5 Å². The molecular formula is C19H26N4O4. The van der Waals surface area contributed by atoms with Crippen molar-refractivity contribution in [2.24, 2.45) is 5.41 Å². The Morgan fingerprint density at radius 2 is 2.07 bits per heavy atom. The SMILES string of the molecule is CC(C)(C)OC(=O)N1CCn2ncc(COC(=O)CC3(C#N)CCC3)c2C1. The lowest BCUT2D eigenvalue weighted by Crippen LogP contribution is -2.41. The average Bonchev–Trinajstić information content (AvgIpc) is 2.97. The smallest absolute Gasteiger partial charge is 0.410 e. The first kappa shape index (κ1) is 19.2. The highest BCUT2D eigenvalue weighted by Crippen LogP contribution is 2.43. The Kier molecular flexibility index (Phi) is 5.13. The molecule has 1 aromatic heterocycles. The summed E-state index contributed by atoms with van der Waals surface area (Å²) in [7, 11) is 0. The third-order valence-electron chi connectivity index (χ3n) is 5.03. The number of ether oxygens (including phenoxy) is 2. The summed E-state index contributed by atoms with van der Waals surface area (Å²) in [6.07, 6.45) is 3.94. The summed E-state index contributed by atoms with van der Waals surface area (Å²) in [6, 6.07) is 2.25. The van der Waals surface area contributed by atoms with Crippen molar-refractivity contribution < 1.29 is 19.1 Å². The molecule has 1 aliphatic heterocycles. The van der Waals surface area contributed by atoms with E-state index in [1.807, 2.05) is 25.5 Å². The van der Waals surface area contributed by atoms with Gasteiger partial charge in [0, 0.05) is 12.1 Å². The summed E-state index contributed by atoms with van der Waals surface area (Å²) in [6.45, 7) is 7.05. The van der Waals surface area contributed by atoms with E-state index < -0.39 is 11.0 Å². The van der Waals surface area contributed by atoms with E-state index in [-0.39, 0.29) is 25.1 Å². The molecule has 0 N–H and O–H groups in total. The number of carbonyl (C=O) groups is 2. The molecule has 1 aromatic rings. The molecule has 1 amide bonds. The third kappa shape index (κ3) is 4.41. The molecule has 1 saturated carbocycles. The van der Waals surface area contributed by atoms with Gasteiger partial charge >= 0.3 is 12.1 Å². The molecule has 3 rings (SSSR count). The molecule has 0 radical (unpaired) electrons. The van der Waals surface area contributed by atoms with Crippen molar-refractivity contribution in [3.8, 4) is 6.07 Å². The molecule has 8 nitrogen and oxygen atoms in total. The van der Waals surface area contributed by atoms with Gasteiger partial charge in [-0.1, -0.05) is 6.42 Å². The molecule has 0 spiro atoms. The summed E-state index contributed by atoms with van der Waals surface area (Å²) >= 11 is 0. The molecule has 2 heterocycles. The maximum atomic E-state index is 12.3. The van der Waals surface area contributed by atoms with E-state index in [2.05, 4.69) is 11.2 Å². The zero-order valence-electron chi connectivity index (χ0n) is 16.2. The molecule has 0 unspecified atom stereocenters. The van der Waals surface area contributed by atoms with Crippen LogP contribution in [0.25, 0.3) is 0 Å². The zero-order valence-corrected chi connectivity index (χ0v) is 16.2. The minimum absolute atomic E-state index is 0.0951. The van der Waals surface area contributed by atoms with Crippen LogP contribution in [-0.4, -0.2) is 38.9 Å². The molecule has 1 fully saturated rings. The van der Waals surface area contributed by atoms with Gasteiger partial charge in [0.25, 0.3) is 0 Å². The second kappa shape index (κ2) is 7.22. The van der Waals surface area contributed by atoms with E-state index in [1.165, 1.54) is 0 Å². The van der Waals surface area contributed by atoms with Gasteiger partial charge in [-0.3, -0.25) is 9.48 Å². The highest BCUT2D eigenvalue weighted by molar-refractivity contribution is 5.71. The van der Waals surface area contributed by atoms with Gasteiger partial charge in [0.05, 0.1) is 42.9 Å². The van der Waals surface area contributed by atoms with Crippen LogP contribution in [0.3, 0.4) is 0 Å². The lowest BCUT2D eigenvalue weighted by atomic mass is 9.68. The number of rotatable bonds is 4. The normalized spacial score (nSPS) is 18.1. The first-order valence-electron chi connectivity index (χ1n) is 9.30. The number of aromatic nitrogens is 2.